The van der Waals surface area contributed by atoms with Crippen LogP contribution in [0, 0.1) is 10.1 Å². The second-order valence-corrected chi connectivity index (χ2v) is 7.07. The van der Waals surface area contributed by atoms with Gasteiger partial charge in [-0.3, -0.25) is 20.0 Å². The molecular weight excluding hydrogens is 355 g/mol. The minimum Gasteiger partial charge on any atom is -0.477 e. The summed E-state index contributed by atoms with van der Waals surface area (Å²) >= 11 is 0. The number of fused-ring (bicyclic) bond motifs is 1. The number of hydrogen-bond donors (Lipinski definition) is 3. The number of nitro benzene ring substituents is 1. The van der Waals surface area contributed by atoms with Crippen LogP contribution in [0.1, 0.15) is 12.5 Å². The second-order valence-electron chi connectivity index (χ2n) is 5.12. The largest absolute Gasteiger partial charge is 0.477 e. The fraction of sp³-hybridized carbons (Fsp3) is 0.385. The van der Waals surface area contributed by atoms with Crippen LogP contribution in [-0.2, 0) is 11.1 Å². The Bertz CT molecular complexity index is 854. The van der Waals surface area contributed by atoms with Gasteiger partial charge in [0.25, 0.3) is 17.4 Å². The van der Waals surface area contributed by atoms with E-state index in [0.717, 1.165) is 0 Å². The van der Waals surface area contributed by atoms with E-state index in [4.69, 9.17) is 19.3 Å². The van der Waals surface area contributed by atoms with Gasteiger partial charge in [0, 0.05) is 24.2 Å². The standard InChI is InChI=1S/C13H17N4O7P/c1-7(25(20,21)22)14-6-8-4-9(17(18)19)5-10-11(8)16-13(24-3)12(15-10)23-2/h4-5,7,14H,6H2,1-3H3,(H2,20,21,22). The Balaban J connectivity index is 2.55. The first kappa shape index (κ1) is 19.0. The predicted molar refractivity (Wildman–Crippen MR) is 87.6 cm³/mol. The molecule has 2 aromatic rings. The van der Waals surface area contributed by atoms with E-state index < -0.39 is 18.3 Å². The third-order valence-electron chi connectivity index (χ3n) is 3.46. The van der Waals surface area contributed by atoms with Gasteiger partial charge in [0.1, 0.15) is 11.3 Å². The van der Waals surface area contributed by atoms with Crippen LogP contribution in [0.4, 0.5) is 5.69 Å². The lowest BCUT2D eigenvalue weighted by Crippen LogP contribution is -2.25. The van der Waals surface area contributed by atoms with Crippen molar-refractivity contribution in [3.63, 3.8) is 0 Å². The Morgan fingerprint density at radius 1 is 1.28 bits per heavy atom. The average molecular weight is 372 g/mol. The van der Waals surface area contributed by atoms with E-state index in [2.05, 4.69) is 15.3 Å². The Kier molecular flexibility index (Phi) is 5.53. The second kappa shape index (κ2) is 7.28. The van der Waals surface area contributed by atoms with Crippen molar-refractivity contribution in [1.82, 2.24) is 15.3 Å². The summed E-state index contributed by atoms with van der Waals surface area (Å²) in [5.74, 6) is -0.971. The lowest BCUT2D eigenvalue weighted by molar-refractivity contribution is -0.384. The molecule has 25 heavy (non-hydrogen) atoms. The molecule has 0 spiro atoms. The molecule has 0 bridgehead atoms. The summed E-state index contributed by atoms with van der Waals surface area (Å²) in [7, 11) is -1.61. The molecule has 0 fully saturated rings. The highest BCUT2D eigenvalue weighted by Gasteiger charge is 2.24. The number of non-ortho nitro benzene ring substituents is 1. The molecule has 12 heteroatoms. The predicted octanol–water partition coefficient (Wildman–Crippen LogP) is 1.17. The maximum absolute atomic E-state index is 11.2. The summed E-state index contributed by atoms with van der Waals surface area (Å²) in [4.78, 5) is 37.2. The minimum atomic E-state index is -4.34. The number of rotatable bonds is 7. The molecule has 1 atom stereocenters. The van der Waals surface area contributed by atoms with Gasteiger partial charge >= 0.3 is 7.60 Å². The Hall–Kier alpha value is -2.33. The van der Waals surface area contributed by atoms with E-state index >= 15 is 0 Å². The van der Waals surface area contributed by atoms with E-state index in [1.165, 1.54) is 33.3 Å². The maximum Gasteiger partial charge on any atom is 0.342 e. The van der Waals surface area contributed by atoms with Crippen molar-refractivity contribution in [1.29, 1.82) is 0 Å². The van der Waals surface area contributed by atoms with Gasteiger partial charge < -0.3 is 19.3 Å². The third-order valence-corrected chi connectivity index (χ3v) is 4.65. The molecule has 11 nitrogen and oxygen atoms in total. The Labute approximate surface area is 142 Å². The molecule has 0 amide bonds. The highest BCUT2D eigenvalue weighted by molar-refractivity contribution is 7.52. The lowest BCUT2D eigenvalue weighted by Gasteiger charge is -2.16. The number of nitro groups is 1. The van der Waals surface area contributed by atoms with Crippen LogP contribution in [-0.4, -0.2) is 44.7 Å². The van der Waals surface area contributed by atoms with Crippen molar-refractivity contribution in [2.24, 2.45) is 0 Å². The smallest absolute Gasteiger partial charge is 0.342 e. The van der Waals surface area contributed by atoms with Crippen LogP contribution in [0.15, 0.2) is 12.1 Å². The summed E-state index contributed by atoms with van der Waals surface area (Å²) in [6.07, 6.45) is 0. The zero-order chi connectivity index (χ0) is 18.8. The molecule has 0 saturated carbocycles. The van der Waals surface area contributed by atoms with Gasteiger partial charge in [0.05, 0.1) is 24.7 Å². The summed E-state index contributed by atoms with van der Waals surface area (Å²) in [6, 6.07) is 2.50. The van der Waals surface area contributed by atoms with E-state index in [1.807, 2.05) is 0 Å². The van der Waals surface area contributed by atoms with Gasteiger partial charge in [0.15, 0.2) is 0 Å². The normalized spacial score (nSPS) is 12.8. The molecule has 0 saturated heterocycles. The zero-order valence-corrected chi connectivity index (χ0v) is 14.6. The molecule has 0 aliphatic carbocycles. The topological polar surface area (TPSA) is 157 Å². The maximum atomic E-state index is 11.2. The fourth-order valence-corrected chi connectivity index (χ4v) is 2.39. The number of nitrogens with zero attached hydrogens (tertiary/aromatic N) is 3. The number of ether oxygens (including phenoxy) is 2. The third kappa shape index (κ3) is 4.20. The molecule has 1 aromatic heterocycles. The number of aromatic nitrogens is 2. The molecule has 0 radical (unpaired) electrons. The number of methoxy groups -OCH3 is 2. The molecule has 0 aliphatic heterocycles. The van der Waals surface area contributed by atoms with Crippen LogP contribution >= 0.6 is 7.60 Å². The van der Waals surface area contributed by atoms with E-state index in [-0.39, 0.29) is 29.5 Å². The summed E-state index contributed by atoms with van der Waals surface area (Å²) in [6.45, 7) is 1.25. The minimum absolute atomic E-state index is 0.0609. The van der Waals surface area contributed by atoms with Crippen molar-refractivity contribution >= 4 is 24.3 Å². The Morgan fingerprint density at radius 2 is 1.88 bits per heavy atom. The van der Waals surface area contributed by atoms with Crippen LogP contribution in [0.3, 0.4) is 0 Å². The number of nitrogens with one attached hydrogen (secondary N) is 1. The van der Waals surface area contributed by atoms with Crippen molar-refractivity contribution in [3.8, 4) is 11.8 Å². The first-order valence-corrected chi connectivity index (χ1v) is 8.71. The van der Waals surface area contributed by atoms with Gasteiger partial charge in [-0.2, -0.15) is 0 Å². The first-order chi connectivity index (χ1) is 11.7. The van der Waals surface area contributed by atoms with Crippen LogP contribution in [0.25, 0.3) is 11.0 Å². The van der Waals surface area contributed by atoms with Crippen LogP contribution < -0.4 is 14.8 Å². The molecule has 2 rings (SSSR count). The van der Waals surface area contributed by atoms with Gasteiger partial charge in [-0.1, -0.05) is 0 Å². The van der Waals surface area contributed by atoms with E-state index in [0.29, 0.717) is 11.1 Å². The SMILES string of the molecule is COc1nc2cc([N+](=O)[O-])cc(CNC(C)P(=O)(O)O)c2nc1OC. The molecule has 1 aromatic carbocycles. The zero-order valence-electron chi connectivity index (χ0n) is 13.7. The molecule has 3 N–H and O–H groups in total. The number of hydrogen-bond acceptors (Lipinski definition) is 8. The average Bonchev–Trinajstić information content (AvgIpc) is 2.56. The van der Waals surface area contributed by atoms with Crippen molar-refractivity contribution in [2.45, 2.75) is 19.3 Å². The number of benzene rings is 1. The van der Waals surface area contributed by atoms with Gasteiger partial charge in [-0.25, -0.2) is 9.97 Å². The molecule has 1 heterocycles. The van der Waals surface area contributed by atoms with Gasteiger partial charge in [-0.05, 0) is 6.92 Å². The molecule has 1 unspecified atom stereocenters. The fourth-order valence-electron chi connectivity index (χ4n) is 2.07. The van der Waals surface area contributed by atoms with Crippen LogP contribution in [0.5, 0.6) is 11.8 Å². The molecular formula is C13H17N4O7P. The summed E-state index contributed by atoms with van der Waals surface area (Å²) in [5.41, 5.74) is 0.619. The highest BCUT2D eigenvalue weighted by Crippen LogP contribution is 2.39. The van der Waals surface area contributed by atoms with Crippen LogP contribution in [0.2, 0.25) is 0 Å². The van der Waals surface area contributed by atoms with E-state index in [1.54, 1.807) is 0 Å². The van der Waals surface area contributed by atoms with Crippen molar-refractivity contribution in [2.75, 3.05) is 14.2 Å². The van der Waals surface area contributed by atoms with Gasteiger partial charge in [0.2, 0.25) is 0 Å². The summed E-state index contributed by atoms with van der Waals surface area (Å²) < 4.78 is 21.4. The lowest BCUT2D eigenvalue weighted by atomic mass is 10.1. The highest BCUT2D eigenvalue weighted by atomic mass is 31.2. The molecule has 136 valence electrons. The quantitative estimate of drug-likeness (QED) is 0.366. The van der Waals surface area contributed by atoms with E-state index in [9.17, 15) is 14.7 Å². The van der Waals surface area contributed by atoms with Gasteiger partial charge in [-0.15, -0.1) is 0 Å². The Morgan fingerprint density at radius 3 is 2.40 bits per heavy atom. The monoisotopic (exact) mass is 372 g/mol. The van der Waals surface area contributed by atoms with Crippen molar-refractivity contribution < 1.29 is 28.7 Å². The molecule has 0 aliphatic rings. The first-order valence-electron chi connectivity index (χ1n) is 7.03. The van der Waals surface area contributed by atoms with Crippen molar-refractivity contribution in [3.05, 3.63) is 27.8 Å². The summed E-state index contributed by atoms with van der Waals surface area (Å²) in [5, 5.41) is 13.8.